The fourth-order valence-electron chi connectivity index (χ4n) is 3.36. The number of nitrogens with zero attached hydrogens (tertiary/aromatic N) is 1. The van der Waals surface area contributed by atoms with Crippen LogP contribution in [0, 0.1) is 6.92 Å². The molecule has 1 amide bonds. The average Bonchev–Trinajstić information content (AvgIpc) is 3.02. The van der Waals surface area contributed by atoms with E-state index in [0.29, 0.717) is 18.0 Å². The van der Waals surface area contributed by atoms with Gasteiger partial charge in [-0.2, -0.15) is 0 Å². The minimum absolute atomic E-state index is 0.147. The van der Waals surface area contributed by atoms with Gasteiger partial charge in [0.25, 0.3) is 5.91 Å². The number of thiophene rings is 1. The molecule has 1 aliphatic rings. The highest BCUT2D eigenvalue weighted by atomic mass is 32.1. The van der Waals surface area contributed by atoms with Crippen LogP contribution in [0.5, 0.6) is 0 Å². The summed E-state index contributed by atoms with van der Waals surface area (Å²) >= 11 is 1.41. The number of hydrogen-bond donors (Lipinski definition) is 0. The molecule has 5 heteroatoms. The van der Waals surface area contributed by atoms with Crippen LogP contribution < -0.4 is 0 Å². The number of hydrogen-bond acceptors (Lipinski definition) is 4. The molecule has 3 aromatic rings. The Hall–Kier alpha value is -2.66. The molecule has 0 saturated carbocycles. The van der Waals surface area contributed by atoms with Gasteiger partial charge in [0.15, 0.2) is 6.61 Å². The molecular formula is C21H19NO3S. The van der Waals surface area contributed by atoms with Crippen molar-refractivity contribution in [1.82, 2.24) is 4.90 Å². The molecule has 132 valence electrons. The number of amides is 1. The second-order valence-electron chi connectivity index (χ2n) is 6.46. The van der Waals surface area contributed by atoms with Gasteiger partial charge < -0.3 is 9.64 Å². The standard InChI is InChI=1S/C21H19NO3S/c1-14-17-8-4-5-9-18(17)26-20(14)21(24)25-13-19(23)22-11-10-15-6-2-3-7-16(15)12-22/h2-9H,10-13H2,1H3. The van der Waals surface area contributed by atoms with E-state index < -0.39 is 5.97 Å². The van der Waals surface area contributed by atoms with Crippen LogP contribution >= 0.6 is 11.3 Å². The molecule has 1 aliphatic heterocycles. The van der Waals surface area contributed by atoms with E-state index in [1.807, 2.05) is 49.4 Å². The van der Waals surface area contributed by atoms with Crippen LogP contribution in [-0.4, -0.2) is 29.9 Å². The maximum absolute atomic E-state index is 12.5. The van der Waals surface area contributed by atoms with Crippen LogP contribution in [0.25, 0.3) is 10.1 Å². The van der Waals surface area contributed by atoms with Gasteiger partial charge in [-0.15, -0.1) is 11.3 Å². The summed E-state index contributed by atoms with van der Waals surface area (Å²) in [6, 6.07) is 16.0. The Balaban J connectivity index is 1.41. The van der Waals surface area contributed by atoms with Crippen LogP contribution in [-0.2, 0) is 22.5 Å². The molecule has 0 saturated heterocycles. The number of rotatable bonds is 3. The van der Waals surface area contributed by atoms with Crippen molar-refractivity contribution >= 4 is 33.3 Å². The molecule has 0 fully saturated rings. The second kappa shape index (κ2) is 6.92. The van der Waals surface area contributed by atoms with E-state index in [2.05, 4.69) is 6.07 Å². The van der Waals surface area contributed by atoms with Crippen molar-refractivity contribution in [2.75, 3.05) is 13.2 Å². The van der Waals surface area contributed by atoms with Gasteiger partial charge in [0.05, 0.1) is 0 Å². The molecule has 0 unspecified atom stereocenters. The summed E-state index contributed by atoms with van der Waals surface area (Å²) in [4.78, 5) is 27.2. The SMILES string of the molecule is Cc1c(C(=O)OCC(=O)N2CCc3ccccc3C2)sc2ccccc12. The first-order valence-electron chi connectivity index (χ1n) is 8.63. The van der Waals surface area contributed by atoms with E-state index in [0.717, 1.165) is 22.1 Å². The van der Waals surface area contributed by atoms with Crippen LogP contribution in [0.2, 0.25) is 0 Å². The normalized spacial score (nSPS) is 13.5. The Labute approximate surface area is 156 Å². The highest BCUT2D eigenvalue weighted by Gasteiger charge is 2.23. The van der Waals surface area contributed by atoms with Gasteiger partial charge in [-0.1, -0.05) is 42.5 Å². The monoisotopic (exact) mass is 365 g/mol. The van der Waals surface area contributed by atoms with Crippen molar-refractivity contribution in [1.29, 1.82) is 0 Å². The van der Waals surface area contributed by atoms with Gasteiger partial charge in [-0.05, 0) is 41.5 Å². The fraction of sp³-hybridized carbons (Fsp3) is 0.238. The number of benzene rings is 2. The lowest BCUT2D eigenvalue weighted by Gasteiger charge is -2.28. The number of esters is 1. The zero-order chi connectivity index (χ0) is 18.1. The third kappa shape index (κ3) is 3.10. The van der Waals surface area contributed by atoms with Gasteiger partial charge in [0.1, 0.15) is 4.88 Å². The molecule has 0 radical (unpaired) electrons. The lowest BCUT2D eigenvalue weighted by atomic mass is 10.00. The van der Waals surface area contributed by atoms with Crippen LogP contribution in [0.3, 0.4) is 0 Å². The van der Waals surface area contributed by atoms with Crippen molar-refractivity contribution in [3.05, 3.63) is 70.1 Å². The van der Waals surface area contributed by atoms with E-state index in [1.165, 1.54) is 22.5 Å². The van der Waals surface area contributed by atoms with Crippen LogP contribution in [0.15, 0.2) is 48.5 Å². The number of carbonyl (C=O) groups is 2. The first-order chi connectivity index (χ1) is 12.6. The van der Waals surface area contributed by atoms with Crippen molar-refractivity contribution in [2.24, 2.45) is 0 Å². The second-order valence-corrected chi connectivity index (χ2v) is 7.51. The zero-order valence-electron chi connectivity index (χ0n) is 14.5. The number of aryl methyl sites for hydroxylation is 1. The first kappa shape index (κ1) is 16.8. The number of ether oxygens (including phenoxy) is 1. The Morgan fingerprint density at radius 3 is 2.62 bits per heavy atom. The molecule has 1 aromatic heterocycles. The topological polar surface area (TPSA) is 46.6 Å². The predicted molar refractivity (Wildman–Crippen MR) is 102 cm³/mol. The summed E-state index contributed by atoms with van der Waals surface area (Å²) in [5.74, 6) is -0.568. The lowest BCUT2D eigenvalue weighted by Crippen LogP contribution is -2.38. The summed E-state index contributed by atoms with van der Waals surface area (Å²) in [5, 5.41) is 1.06. The van der Waals surface area contributed by atoms with E-state index in [9.17, 15) is 9.59 Å². The van der Waals surface area contributed by atoms with Crippen molar-refractivity contribution in [2.45, 2.75) is 19.9 Å². The molecular weight excluding hydrogens is 346 g/mol. The molecule has 0 aliphatic carbocycles. The van der Waals surface area contributed by atoms with E-state index in [4.69, 9.17) is 4.74 Å². The van der Waals surface area contributed by atoms with Gasteiger partial charge in [0.2, 0.25) is 0 Å². The Kier molecular flexibility index (Phi) is 4.47. The molecule has 2 heterocycles. The largest absolute Gasteiger partial charge is 0.451 e. The third-order valence-electron chi connectivity index (χ3n) is 4.84. The molecule has 0 N–H and O–H groups in total. The van der Waals surface area contributed by atoms with Gasteiger partial charge in [0, 0.05) is 17.8 Å². The van der Waals surface area contributed by atoms with Crippen LogP contribution in [0.4, 0.5) is 0 Å². The van der Waals surface area contributed by atoms with Gasteiger partial charge in [-0.25, -0.2) is 4.79 Å². The smallest absolute Gasteiger partial charge is 0.349 e. The summed E-state index contributed by atoms with van der Waals surface area (Å²) < 4.78 is 6.37. The Morgan fingerprint density at radius 1 is 1.08 bits per heavy atom. The lowest BCUT2D eigenvalue weighted by molar-refractivity contribution is -0.135. The zero-order valence-corrected chi connectivity index (χ0v) is 15.3. The minimum Gasteiger partial charge on any atom is -0.451 e. The summed E-state index contributed by atoms with van der Waals surface area (Å²) in [7, 11) is 0. The summed E-state index contributed by atoms with van der Waals surface area (Å²) in [6.45, 7) is 2.94. The highest BCUT2D eigenvalue weighted by Crippen LogP contribution is 2.31. The Bertz CT molecular complexity index is 992. The van der Waals surface area contributed by atoms with E-state index in [-0.39, 0.29) is 12.5 Å². The Morgan fingerprint density at radius 2 is 1.81 bits per heavy atom. The molecule has 26 heavy (non-hydrogen) atoms. The average molecular weight is 365 g/mol. The molecule has 0 atom stereocenters. The first-order valence-corrected chi connectivity index (χ1v) is 9.45. The molecule has 0 bridgehead atoms. The fourth-order valence-corrected chi connectivity index (χ4v) is 4.46. The highest BCUT2D eigenvalue weighted by molar-refractivity contribution is 7.21. The summed E-state index contributed by atoms with van der Waals surface area (Å²) in [5.41, 5.74) is 3.36. The van der Waals surface area contributed by atoms with Gasteiger partial charge >= 0.3 is 5.97 Å². The quantitative estimate of drug-likeness (QED) is 0.660. The van der Waals surface area contributed by atoms with Crippen molar-refractivity contribution in [3.8, 4) is 0 Å². The molecule has 4 rings (SSSR count). The molecule has 2 aromatic carbocycles. The maximum atomic E-state index is 12.5. The molecule has 4 nitrogen and oxygen atoms in total. The minimum atomic E-state index is -0.422. The summed E-state index contributed by atoms with van der Waals surface area (Å²) in [6.07, 6.45) is 0.839. The van der Waals surface area contributed by atoms with Gasteiger partial charge in [-0.3, -0.25) is 4.79 Å². The maximum Gasteiger partial charge on any atom is 0.349 e. The predicted octanol–water partition coefficient (Wildman–Crippen LogP) is 3.95. The number of fused-ring (bicyclic) bond motifs is 2. The number of carbonyl (C=O) groups excluding carboxylic acids is 2. The van der Waals surface area contributed by atoms with E-state index >= 15 is 0 Å². The van der Waals surface area contributed by atoms with Crippen LogP contribution in [0.1, 0.15) is 26.4 Å². The van der Waals surface area contributed by atoms with Crippen molar-refractivity contribution < 1.29 is 14.3 Å². The van der Waals surface area contributed by atoms with E-state index in [1.54, 1.807) is 4.90 Å². The third-order valence-corrected chi connectivity index (χ3v) is 6.09. The molecule has 0 spiro atoms. The van der Waals surface area contributed by atoms with Crippen molar-refractivity contribution in [3.63, 3.8) is 0 Å².